The summed E-state index contributed by atoms with van der Waals surface area (Å²) in [7, 11) is 0. The van der Waals surface area contributed by atoms with Gasteiger partial charge in [-0.1, -0.05) is 55.3 Å². The predicted octanol–water partition coefficient (Wildman–Crippen LogP) is 3.23. The van der Waals surface area contributed by atoms with E-state index in [0.717, 1.165) is 29.7 Å². The van der Waals surface area contributed by atoms with E-state index in [2.05, 4.69) is 0 Å². The van der Waals surface area contributed by atoms with Crippen LogP contribution in [-0.4, -0.2) is 71.3 Å². The average molecular weight is 523 g/mol. The molecule has 1 aromatic rings. The van der Waals surface area contributed by atoms with Gasteiger partial charge in [0.05, 0.1) is 18.1 Å². The maximum absolute atomic E-state index is 14.5. The fourth-order valence-corrected chi connectivity index (χ4v) is 6.91. The van der Waals surface area contributed by atoms with E-state index in [-0.39, 0.29) is 25.0 Å². The molecule has 38 heavy (non-hydrogen) atoms. The van der Waals surface area contributed by atoms with Gasteiger partial charge in [0.15, 0.2) is 0 Å². The summed E-state index contributed by atoms with van der Waals surface area (Å²) >= 11 is 0. The van der Waals surface area contributed by atoms with Crippen LogP contribution in [0.15, 0.2) is 42.5 Å². The Labute approximate surface area is 224 Å². The molecule has 4 aliphatic rings. The third-order valence-corrected chi connectivity index (χ3v) is 8.54. The quantitative estimate of drug-likeness (QED) is 0.336. The first-order valence-electron chi connectivity index (χ1n) is 13.8. The van der Waals surface area contributed by atoms with Crippen LogP contribution in [0.3, 0.4) is 0 Å². The fourth-order valence-electron chi connectivity index (χ4n) is 6.91. The second kappa shape index (κ2) is 10.3. The van der Waals surface area contributed by atoms with E-state index in [1.165, 1.54) is 0 Å². The van der Waals surface area contributed by atoms with Crippen LogP contribution in [0.5, 0.6) is 0 Å². The third-order valence-electron chi connectivity index (χ3n) is 8.54. The Morgan fingerprint density at radius 2 is 1.71 bits per heavy atom. The Bertz CT molecular complexity index is 1160. The van der Waals surface area contributed by atoms with Crippen molar-refractivity contribution in [3.8, 4) is 0 Å². The Balaban J connectivity index is 1.59. The van der Waals surface area contributed by atoms with Gasteiger partial charge in [-0.2, -0.15) is 0 Å². The van der Waals surface area contributed by atoms with Gasteiger partial charge in [0.1, 0.15) is 17.6 Å². The number of likely N-dealkylation sites (tertiary alicyclic amines) is 1. The molecular weight excluding hydrogens is 484 g/mol. The summed E-state index contributed by atoms with van der Waals surface area (Å²) in [6, 6.07) is 5.03. The van der Waals surface area contributed by atoms with Crippen molar-refractivity contribution >= 4 is 23.5 Å². The minimum Gasteiger partial charge on any atom is -0.465 e. The lowest BCUT2D eigenvalue weighted by molar-refractivity contribution is -0.159. The number of hydrogen-bond acceptors (Lipinski definition) is 6. The number of unbranched alkanes of at least 4 members (excludes halogenated alkanes) is 3. The van der Waals surface area contributed by atoms with Crippen molar-refractivity contribution in [2.24, 2.45) is 11.8 Å². The number of rotatable bonds is 7. The highest BCUT2D eigenvalue weighted by molar-refractivity contribution is 6.06. The first kappa shape index (κ1) is 26.6. The lowest BCUT2D eigenvalue weighted by Crippen LogP contribution is -2.56. The average Bonchev–Trinajstić information content (AvgIpc) is 3.18. The number of para-hydroxylation sites is 1. The molecule has 1 spiro atoms. The van der Waals surface area contributed by atoms with Crippen LogP contribution in [0.2, 0.25) is 0 Å². The van der Waals surface area contributed by atoms with Gasteiger partial charge in [-0.3, -0.25) is 14.4 Å². The van der Waals surface area contributed by atoms with E-state index in [4.69, 9.17) is 14.6 Å². The number of nitrogens with zero attached hydrogens (tertiary/aromatic N) is 2. The van der Waals surface area contributed by atoms with Crippen LogP contribution in [0, 0.1) is 25.7 Å². The zero-order valence-electron chi connectivity index (χ0n) is 22.5. The Morgan fingerprint density at radius 1 is 0.974 bits per heavy atom. The van der Waals surface area contributed by atoms with Gasteiger partial charge in [-0.05, 0) is 51.2 Å². The van der Waals surface area contributed by atoms with Gasteiger partial charge in [-0.15, -0.1) is 0 Å². The minimum atomic E-state index is -1.28. The maximum atomic E-state index is 14.5. The molecule has 0 aromatic heterocycles. The van der Waals surface area contributed by atoms with Crippen molar-refractivity contribution in [1.82, 2.24) is 4.90 Å². The first-order valence-corrected chi connectivity index (χ1v) is 13.8. The Kier molecular flexibility index (Phi) is 7.22. The molecule has 4 aliphatic heterocycles. The number of aliphatic hydroxyl groups is 1. The number of cyclic esters (lactones) is 1. The van der Waals surface area contributed by atoms with E-state index < -0.39 is 35.0 Å². The highest BCUT2D eigenvalue weighted by atomic mass is 16.6. The Hall–Kier alpha value is -2.97. The van der Waals surface area contributed by atoms with Crippen molar-refractivity contribution in [2.45, 2.75) is 70.1 Å². The van der Waals surface area contributed by atoms with Crippen LogP contribution in [0.25, 0.3) is 0 Å². The summed E-state index contributed by atoms with van der Waals surface area (Å²) in [5.74, 6) is -2.60. The smallest absolute Gasteiger partial charge is 0.313 e. The maximum Gasteiger partial charge on any atom is 0.313 e. The molecular formula is C30H38N2O6. The van der Waals surface area contributed by atoms with E-state index in [9.17, 15) is 14.4 Å². The number of esters is 1. The van der Waals surface area contributed by atoms with Crippen LogP contribution in [-0.2, 0) is 23.9 Å². The lowest BCUT2D eigenvalue weighted by atomic mass is 9.74. The topological polar surface area (TPSA) is 96.4 Å². The summed E-state index contributed by atoms with van der Waals surface area (Å²) in [6.45, 7) is 6.90. The molecule has 8 nitrogen and oxygen atoms in total. The molecule has 2 fully saturated rings. The summed E-state index contributed by atoms with van der Waals surface area (Å²) in [6.07, 6.45) is 11.2. The van der Waals surface area contributed by atoms with Crippen molar-refractivity contribution in [3.05, 3.63) is 53.6 Å². The molecule has 0 bridgehead atoms. The Morgan fingerprint density at radius 3 is 2.45 bits per heavy atom. The van der Waals surface area contributed by atoms with Crippen molar-refractivity contribution in [2.75, 3.05) is 31.2 Å². The van der Waals surface area contributed by atoms with Gasteiger partial charge in [0.2, 0.25) is 5.91 Å². The van der Waals surface area contributed by atoms with Crippen molar-refractivity contribution in [3.63, 3.8) is 0 Å². The minimum absolute atomic E-state index is 0.133. The van der Waals surface area contributed by atoms with E-state index in [0.29, 0.717) is 32.4 Å². The zero-order valence-corrected chi connectivity index (χ0v) is 22.5. The number of ether oxygens (including phenoxy) is 2. The lowest BCUT2D eigenvalue weighted by Gasteiger charge is -2.38. The van der Waals surface area contributed by atoms with E-state index >= 15 is 0 Å². The largest absolute Gasteiger partial charge is 0.465 e. The monoisotopic (exact) mass is 522 g/mol. The van der Waals surface area contributed by atoms with Crippen LogP contribution < -0.4 is 4.90 Å². The molecule has 0 aliphatic carbocycles. The number of benzene rings is 1. The molecule has 5 rings (SSSR count). The normalized spacial score (nSPS) is 32.4. The predicted molar refractivity (Wildman–Crippen MR) is 142 cm³/mol. The van der Waals surface area contributed by atoms with Crippen molar-refractivity contribution in [1.29, 1.82) is 0 Å². The molecule has 4 heterocycles. The molecule has 1 aromatic carbocycles. The SMILES string of the molecule is Cc1cccc(C)c1N1CC=C[C@]23O[C@]4(C)C=CCCOC(=O)[C@@H]4[C@H]2C(=O)N(CCCCCCO)C3C1=O. The molecule has 2 saturated heterocycles. The highest BCUT2D eigenvalue weighted by Crippen LogP contribution is 2.57. The van der Waals surface area contributed by atoms with Crippen LogP contribution in [0.4, 0.5) is 5.69 Å². The summed E-state index contributed by atoms with van der Waals surface area (Å²) in [4.78, 5) is 45.5. The third kappa shape index (κ3) is 4.18. The number of amides is 2. The molecule has 5 atom stereocenters. The second-order valence-corrected chi connectivity index (χ2v) is 11.1. The zero-order chi connectivity index (χ0) is 27.1. The van der Waals surface area contributed by atoms with Crippen LogP contribution in [0.1, 0.15) is 50.2 Å². The van der Waals surface area contributed by atoms with Crippen LogP contribution >= 0.6 is 0 Å². The van der Waals surface area contributed by atoms with Gasteiger partial charge >= 0.3 is 5.97 Å². The molecule has 1 N–H and O–H groups in total. The molecule has 8 heteroatoms. The number of anilines is 1. The highest BCUT2D eigenvalue weighted by Gasteiger charge is 2.74. The molecule has 0 radical (unpaired) electrons. The number of hydrogen-bond donors (Lipinski definition) is 1. The van der Waals surface area contributed by atoms with Gasteiger partial charge < -0.3 is 24.4 Å². The van der Waals surface area contributed by atoms with E-state index in [1.807, 2.05) is 63.3 Å². The summed E-state index contributed by atoms with van der Waals surface area (Å²) in [5.41, 5.74) is 0.449. The van der Waals surface area contributed by atoms with Gasteiger partial charge in [-0.25, -0.2) is 0 Å². The number of carbonyl (C=O) groups is 3. The van der Waals surface area contributed by atoms with Crippen molar-refractivity contribution < 1.29 is 29.0 Å². The van der Waals surface area contributed by atoms with Gasteiger partial charge in [0.25, 0.3) is 5.91 Å². The number of aliphatic hydroxyl groups excluding tert-OH is 1. The molecule has 0 saturated carbocycles. The number of fused-ring (bicyclic) bond motifs is 2. The fraction of sp³-hybridized carbons (Fsp3) is 0.567. The number of carbonyl (C=O) groups excluding carboxylic acids is 3. The molecule has 1 unspecified atom stereocenters. The standard InChI is InChI=1S/C30H38N2O6/c1-20-12-10-13-21(2)24(20)31-17-11-15-30-22(23-28(36)37-19-9-6-14-29(23,3)38-30)26(34)32(25(30)27(31)35)16-7-4-5-8-18-33/h6,10-15,22-23,25,33H,4-5,7-9,16-19H2,1-3H3/t22-,23-,25?,29+,30-/m0/s1. The molecule has 204 valence electrons. The summed E-state index contributed by atoms with van der Waals surface area (Å²) in [5, 5.41) is 9.14. The molecule has 2 amide bonds. The van der Waals surface area contributed by atoms with Gasteiger partial charge in [0, 0.05) is 25.4 Å². The first-order chi connectivity index (χ1) is 18.2. The van der Waals surface area contributed by atoms with E-state index in [1.54, 1.807) is 9.80 Å². The summed E-state index contributed by atoms with van der Waals surface area (Å²) < 4.78 is 12.3. The number of aryl methyl sites for hydroxylation is 2. The second-order valence-electron chi connectivity index (χ2n) is 11.1.